The highest BCUT2D eigenvalue weighted by Crippen LogP contribution is 2.47. The average molecular weight is 718 g/mol. The van der Waals surface area contributed by atoms with Crippen LogP contribution in [0, 0.1) is 0 Å². The summed E-state index contributed by atoms with van der Waals surface area (Å²) in [6.07, 6.45) is 1.14. The SMILES string of the molecule is COCCCN1CC2(OCCO2)c2cc(S(N)(=O)=O)sc2S1(=O)=O.COCCCN1CC2(OCCO2)c2ccsc2S1(=O)=O. The Kier molecular flexibility index (Phi) is 10.3. The van der Waals surface area contributed by atoms with Crippen molar-refractivity contribution in [1.29, 1.82) is 0 Å². The molecule has 2 saturated heterocycles. The van der Waals surface area contributed by atoms with Gasteiger partial charge in [-0.1, -0.05) is 0 Å². The second-order valence-corrected chi connectivity index (χ2v) is 18.2. The topological polar surface area (TPSA) is 190 Å². The molecular formula is C24H35N3O12S5. The van der Waals surface area contributed by atoms with Crippen LogP contribution in [0.5, 0.6) is 0 Å². The minimum Gasteiger partial charge on any atom is -0.385 e. The first-order valence-corrected chi connectivity index (χ1v) is 19.7. The van der Waals surface area contributed by atoms with Gasteiger partial charge in [0.2, 0.25) is 21.6 Å². The maximum absolute atomic E-state index is 12.8. The Morgan fingerprint density at radius 1 is 0.841 bits per heavy atom. The van der Waals surface area contributed by atoms with E-state index in [1.807, 2.05) is 0 Å². The summed E-state index contributed by atoms with van der Waals surface area (Å²) in [5.74, 6) is -2.21. The van der Waals surface area contributed by atoms with Gasteiger partial charge in [-0.3, -0.25) is 0 Å². The number of sulfonamides is 3. The van der Waals surface area contributed by atoms with E-state index in [0.717, 1.165) is 0 Å². The number of hydrogen-bond donors (Lipinski definition) is 1. The average Bonchev–Trinajstić information content (AvgIpc) is 3.77. The van der Waals surface area contributed by atoms with Gasteiger partial charge in [-0.2, -0.15) is 8.61 Å². The van der Waals surface area contributed by atoms with Crippen molar-refractivity contribution in [2.24, 2.45) is 5.14 Å². The molecule has 0 amide bonds. The van der Waals surface area contributed by atoms with Gasteiger partial charge in [0, 0.05) is 51.6 Å². The summed E-state index contributed by atoms with van der Waals surface area (Å²) in [6, 6.07) is 3.03. The van der Waals surface area contributed by atoms with Gasteiger partial charge >= 0.3 is 0 Å². The second-order valence-electron chi connectivity index (χ2n) is 10.2. The van der Waals surface area contributed by atoms with E-state index in [-0.39, 0.29) is 33.6 Å². The summed E-state index contributed by atoms with van der Waals surface area (Å²) in [5.41, 5.74) is 0.847. The Labute approximate surface area is 264 Å². The van der Waals surface area contributed by atoms with Gasteiger partial charge in [0.15, 0.2) is 0 Å². The maximum Gasteiger partial charge on any atom is 0.253 e. The van der Waals surface area contributed by atoms with Crippen molar-refractivity contribution in [2.45, 2.75) is 37.0 Å². The maximum atomic E-state index is 12.8. The molecule has 2 N–H and O–H groups in total. The van der Waals surface area contributed by atoms with Gasteiger partial charge in [-0.15, -0.1) is 22.7 Å². The number of nitrogens with two attached hydrogens (primary N) is 1. The van der Waals surface area contributed by atoms with Crippen LogP contribution in [0.3, 0.4) is 0 Å². The van der Waals surface area contributed by atoms with Crippen LogP contribution < -0.4 is 5.14 Å². The Bertz CT molecular complexity index is 1640. The Morgan fingerprint density at radius 2 is 1.32 bits per heavy atom. The van der Waals surface area contributed by atoms with E-state index in [1.165, 1.54) is 33.1 Å². The van der Waals surface area contributed by atoms with E-state index in [9.17, 15) is 25.3 Å². The number of ether oxygens (including phenoxy) is 6. The first-order chi connectivity index (χ1) is 20.8. The normalized spacial score (nSPS) is 23.3. The zero-order valence-electron chi connectivity index (χ0n) is 24.1. The molecule has 2 fully saturated rings. The highest BCUT2D eigenvalue weighted by atomic mass is 32.3. The zero-order chi connectivity index (χ0) is 31.8. The zero-order valence-corrected chi connectivity index (χ0v) is 28.2. The molecule has 44 heavy (non-hydrogen) atoms. The van der Waals surface area contributed by atoms with E-state index in [1.54, 1.807) is 18.6 Å². The summed E-state index contributed by atoms with van der Waals surface area (Å²) in [5, 5.41) is 6.92. The van der Waals surface area contributed by atoms with E-state index in [2.05, 4.69) is 0 Å². The van der Waals surface area contributed by atoms with Crippen LogP contribution in [-0.2, 0) is 70.1 Å². The van der Waals surface area contributed by atoms with Gasteiger partial charge in [0.05, 0.1) is 39.5 Å². The molecule has 4 aliphatic rings. The van der Waals surface area contributed by atoms with Crippen molar-refractivity contribution in [3.8, 4) is 0 Å². The van der Waals surface area contributed by atoms with Crippen molar-refractivity contribution >= 4 is 52.7 Å². The summed E-state index contributed by atoms with van der Waals surface area (Å²) >= 11 is 1.83. The van der Waals surface area contributed by atoms with Crippen LogP contribution >= 0.6 is 22.7 Å². The molecule has 2 spiro atoms. The predicted octanol–water partition coefficient (Wildman–Crippen LogP) is 0.624. The monoisotopic (exact) mass is 717 g/mol. The third-order valence-corrected chi connectivity index (χ3v) is 15.6. The molecule has 248 valence electrons. The van der Waals surface area contributed by atoms with Gasteiger partial charge < -0.3 is 28.4 Å². The van der Waals surface area contributed by atoms with Crippen LogP contribution in [0.15, 0.2) is 30.1 Å². The van der Waals surface area contributed by atoms with Crippen molar-refractivity contribution in [1.82, 2.24) is 8.61 Å². The van der Waals surface area contributed by atoms with Crippen LogP contribution in [0.4, 0.5) is 0 Å². The number of thiophene rings is 2. The number of rotatable bonds is 9. The third kappa shape index (κ3) is 6.39. The minimum absolute atomic E-state index is 0.0349. The first kappa shape index (κ1) is 34.2. The molecule has 2 aromatic rings. The Balaban J connectivity index is 0.000000177. The number of hydrogen-bond acceptors (Lipinski definition) is 14. The number of primary sulfonamides is 1. The van der Waals surface area contributed by atoms with Gasteiger partial charge in [0.1, 0.15) is 12.6 Å². The van der Waals surface area contributed by atoms with Crippen molar-refractivity contribution in [2.75, 3.05) is 80.0 Å². The van der Waals surface area contributed by atoms with E-state index >= 15 is 0 Å². The van der Waals surface area contributed by atoms with Gasteiger partial charge in [-0.05, 0) is 30.4 Å². The molecule has 6 heterocycles. The summed E-state index contributed by atoms with van der Waals surface area (Å²) in [4.78, 5) is 0. The van der Waals surface area contributed by atoms with Crippen LogP contribution in [0.25, 0.3) is 0 Å². The van der Waals surface area contributed by atoms with Gasteiger partial charge in [-0.25, -0.2) is 30.4 Å². The molecule has 20 heteroatoms. The number of nitrogens with zero attached hydrogens (tertiary/aromatic N) is 2. The van der Waals surface area contributed by atoms with Crippen LogP contribution in [0.1, 0.15) is 24.0 Å². The molecule has 0 radical (unpaired) electrons. The molecule has 0 bridgehead atoms. The summed E-state index contributed by atoms with van der Waals surface area (Å²) in [7, 11) is -8.19. The van der Waals surface area contributed by atoms with Crippen molar-refractivity contribution in [3.05, 3.63) is 28.6 Å². The Hall–Kier alpha value is -1.11. The molecule has 2 aromatic heterocycles. The third-order valence-electron chi connectivity index (χ3n) is 7.34. The molecule has 0 unspecified atom stereocenters. The van der Waals surface area contributed by atoms with Crippen LogP contribution in [0.2, 0.25) is 0 Å². The summed E-state index contributed by atoms with van der Waals surface area (Å²) < 4.78 is 110. The van der Waals surface area contributed by atoms with Gasteiger partial charge in [0.25, 0.3) is 20.0 Å². The van der Waals surface area contributed by atoms with E-state index < -0.39 is 41.6 Å². The highest BCUT2D eigenvalue weighted by Gasteiger charge is 2.53. The fourth-order valence-corrected chi connectivity index (χ4v) is 12.7. The lowest BCUT2D eigenvalue weighted by molar-refractivity contribution is -0.175. The van der Waals surface area contributed by atoms with E-state index in [0.29, 0.717) is 80.1 Å². The highest BCUT2D eigenvalue weighted by molar-refractivity contribution is 7.94. The van der Waals surface area contributed by atoms with E-state index in [4.69, 9.17) is 33.6 Å². The molecular weight excluding hydrogens is 683 g/mol. The molecule has 0 aromatic carbocycles. The smallest absolute Gasteiger partial charge is 0.253 e. The van der Waals surface area contributed by atoms with Crippen molar-refractivity contribution in [3.63, 3.8) is 0 Å². The lowest BCUT2D eigenvalue weighted by Gasteiger charge is -2.37. The Morgan fingerprint density at radius 3 is 1.80 bits per heavy atom. The molecule has 0 aliphatic carbocycles. The minimum atomic E-state index is -4.03. The number of methoxy groups -OCH3 is 2. The molecule has 0 atom stereocenters. The van der Waals surface area contributed by atoms with Crippen LogP contribution in [-0.4, -0.2) is 114 Å². The van der Waals surface area contributed by atoms with Crippen molar-refractivity contribution < 1.29 is 53.7 Å². The standard InChI is InChI=1S/C12H18N2O7S3.C12H17NO5S2/c1-19-4-2-3-14-8-12(20-5-6-21-12)9-7-10(23(13,15)16)22-11(9)24(14,17)18;1-16-5-2-4-13-9-12(17-6-7-18-12)10-3-8-19-11(10)20(13,14)15/h7H,2-6,8H2,1H3,(H2,13,15,16);3,8H,2,4-7,9H2,1H3. The lowest BCUT2D eigenvalue weighted by Crippen LogP contribution is -2.49. The largest absolute Gasteiger partial charge is 0.385 e. The second kappa shape index (κ2) is 13.2. The predicted molar refractivity (Wildman–Crippen MR) is 158 cm³/mol. The molecule has 4 aliphatic heterocycles. The molecule has 15 nitrogen and oxygen atoms in total. The molecule has 6 rings (SSSR count). The quantitative estimate of drug-likeness (QED) is 0.357. The number of fused-ring (bicyclic) bond motifs is 4. The summed E-state index contributed by atoms with van der Waals surface area (Å²) in [6.45, 7) is 3.29. The lowest BCUT2D eigenvalue weighted by atomic mass is 10.1. The molecule has 0 saturated carbocycles. The fourth-order valence-electron chi connectivity index (χ4n) is 5.34. The first-order valence-electron chi connectivity index (χ1n) is 13.6. The fraction of sp³-hybridized carbons (Fsp3) is 0.667.